The van der Waals surface area contributed by atoms with Crippen LogP contribution in [0.5, 0.6) is 0 Å². The summed E-state index contributed by atoms with van der Waals surface area (Å²) in [6.07, 6.45) is 3.19. The largest absolute Gasteiger partial charge is 0.467 e. The van der Waals surface area contributed by atoms with Gasteiger partial charge in [0.05, 0.1) is 7.11 Å². The maximum Gasteiger partial charge on any atom is 0.328 e. The Hall–Kier alpha value is -0.810. The summed E-state index contributed by atoms with van der Waals surface area (Å²) in [6.45, 7) is 5.01. The Bertz CT molecular complexity index is 292. The minimum Gasteiger partial charge on any atom is -0.467 e. The van der Waals surface area contributed by atoms with Crippen LogP contribution in [0.1, 0.15) is 39.5 Å². The van der Waals surface area contributed by atoms with E-state index in [9.17, 15) is 9.59 Å². The summed E-state index contributed by atoms with van der Waals surface area (Å²) in [7, 11) is 1.35. The van der Waals surface area contributed by atoms with Crippen molar-refractivity contribution in [2.75, 3.05) is 13.7 Å². The zero-order chi connectivity index (χ0) is 13.5. The maximum atomic E-state index is 11.9. The first-order chi connectivity index (χ1) is 8.52. The molecule has 5 nitrogen and oxygen atoms in total. The average Bonchev–Trinajstić information content (AvgIpc) is 2.79. The van der Waals surface area contributed by atoms with Gasteiger partial charge in [-0.25, -0.2) is 4.79 Å². The van der Waals surface area contributed by atoms with Crippen LogP contribution < -0.4 is 10.6 Å². The molecule has 0 aromatic carbocycles. The molecule has 19 heavy (non-hydrogen) atoms. The molecule has 112 valence electrons. The third-order valence-electron chi connectivity index (χ3n) is 3.12. The number of amides is 1. The molecule has 0 saturated carbocycles. The summed E-state index contributed by atoms with van der Waals surface area (Å²) in [4.78, 5) is 23.4. The zero-order valence-electron chi connectivity index (χ0n) is 11.9. The Morgan fingerprint density at radius 3 is 2.58 bits per heavy atom. The Morgan fingerprint density at radius 2 is 2.11 bits per heavy atom. The van der Waals surface area contributed by atoms with Crippen LogP contribution in [0.4, 0.5) is 0 Å². The molecule has 0 aromatic heterocycles. The maximum absolute atomic E-state index is 11.9. The number of rotatable bonds is 6. The van der Waals surface area contributed by atoms with Gasteiger partial charge in [0.15, 0.2) is 0 Å². The number of carbonyl (C=O) groups excluding carboxylic acids is 2. The van der Waals surface area contributed by atoms with Crippen LogP contribution >= 0.6 is 12.4 Å². The number of halogens is 1. The molecule has 6 heteroatoms. The van der Waals surface area contributed by atoms with E-state index in [1.807, 2.05) is 13.8 Å². The Kier molecular flexibility index (Phi) is 8.76. The third-order valence-corrected chi connectivity index (χ3v) is 3.12. The lowest BCUT2D eigenvalue weighted by atomic mass is 10.0. The molecule has 0 radical (unpaired) electrons. The first-order valence-corrected chi connectivity index (χ1v) is 6.63. The molecule has 1 aliphatic heterocycles. The number of esters is 1. The number of ether oxygens (including phenoxy) is 1. The molecule has 0 aliphatic carbocycles. The van der Waals surface area contributed by atoms with E-state index >= 15 is 0 Å². The molecule has 2 N–H and O–H groups in total. The van der Waals surface area contributed by atoms with E-state index in [2.05, 4.69) is 10.6 Å². The monoisotopic (exact) mass is 292 g/mol. The third kappa shape index (κ3) is 6.78. The van der Waals surface area contributed by atoms with Gasteiger partial charge in [0.25, 0.3) is 0 Å². The van der Waals surface area contributed by atoms with Crippen molar-refractivity contribution in [1.29, 1.82) is 0 Å². The van der Waals surface area contributed by atoms with Gasteiger partial charge in [0.2, 0.25) is 5.91 Å². The van der Waals surface area contributed by atoms with E-state index in [4.69, 9.17) is 4.74 Å². The summed E-state index contributed by atoms with van der Waals surface area (Å²) in [5, 5.41) is 6.04. The summed E-state index contributed by atoms with van der Waals surface area (Å²) in [6, 6.07) is -0.272. The summed E-state index contributed by atoms with van der Waals surface area (Å²) >= 11 is 0. The normalized spacial score (nSPS) is 19.7. The van der Waals surface area contributed by atoms with Gasteiger partial charge in [-0.2, -0.15) is 0 Å². The molecule has 0 aromatic rings. The van der Waals surface area contributed by atoms with Gasteiger partial charge in [-0.05, 0) is 31.7 Å². The lowest BCUT2D eigenvalue weighted by Crippen LogP contribution is -2.44. The highest BCUT2D eigenvalue weighted by Crippen LogP contribution is 2.10. The fourth-order valence-electron chi connectivity index (χ4n) is 2.24. The molecule has 1 amide bonds. The van der Waals surface area contributed by atoms with E-state index in [0.29, 0.717) is 18.8 Å². The predicted molar refractivity (Wildman–Crippen MR) is 76.3 cm³/mol. The topological polar surface area (TPSA) is 67.4 Å². The van der Waals surface area contributed by atoms with Crippen molar-refractivity contribution in [3.63, 3.8) is 0 Å². The fourth-order valence-corrected chi connectivity index (χ4v) is 2.24. The van der Waals surface area contributed by atoms with E-state index in [1.54, 1.807) is 0 Å². The smallest absolute Gasteiger partial charge is 0.328 e. The van der Waals surface area contributed by atoms with Crippen LogP contribution in [-0.4, -0.2) is 37.6 Å². The summed E-state index contributed by atoms with van der Waals surface area (Å²) in [5.41, 5.74) is 0. The lowest BCUT2D eigenvalue weighted by Gasteiger charge is -2.19. The summed E-state index contributed by atoms with van der Waals surface area (Å²) < 4.78 is 4.71. The van der Waals surface area contributed by atoms with Crippen molar-refractivity contribution < 1.29 is 14.3 Å². The molecule has 1 saturated heterocycles. The van der Waals surface area contributed by atoms with Crippen LogP contribution in [0.2, 0.25) is 0 Å². The van der Waals surface area contributed by atoms with Crippen LogP contribution in [0.15, 0.2) is 0 Å². The molecular formula is C13H25ClN2O3. The van der Waals surface area contributed by atoms with Crippen molar-refractivity contribution >= 4 is 24.3 Å². The molecule has 2 atom stereocenters. The summed E-state index contributed by atoms with van der Waals surface area (Å²) in [5.74, 6) is -0.110. The molecule has 2 unspecified atom stereocenters. The molecular weight excluding hydrogens is 268 g/mol. The Morgan fingerprint density at radius 1 is 1.42 bits per heavy atom. The van der Waals surface area contributed by atoms with E-state index in [0.717, 1.165) is 19.4 Å². The first kappa shape index (κ1) is 18.2. The van der Waals surface area contributed by atoms with Gasteiger partial charge < -0.3 is 15.4 Å². The van der Waals surface area contributed by atoms with Crippen LogP contribution in [-0.2, 0) is 14.3 Å². The van der Waals surface area contributed by atoms with Crippen molar-refractivity contribution in [3.05, 3.63) is 0 Å². The average molecular weight is 293 g/mol. The van der Waals surface area contributed by atoms with Gasteiger partial charge in [-0.3, -0.25) is 4.79 Å². The Labute approximate surface area is 121 Å². The van der Waals surface area contributed by atoms with Crippen LogP contribution in [0, 0.1) is 5.92 Å². The van der Waals surface area contributed by atoms with E-state index < -0.39 is 6.04 Å². The predicted octanol–water partition coefficient (Wildman–Crippen LogP) is 1.25. The van der Waals surface area contributed by atoms with Crippen LogP contribution in [0.25, 0.3) is 0 Å². The number of methoxy groups -OCH3 is 1. The second kappa shape index (κ2) is 9.15. The van der Waals surface area contributed by atoms with Crippen molar-refractivity contribution in [2.24, 2.45) is 5.92 Å². The second-order valence-electron chi connectivity index (χ2n) is 5.27. The van der Waals surface area contributed by atoms with Gasteiger partial charge in [-0.1, -0.05) is 13.8 Å². The molecule has 1 rings (SSSR count). The van der Waals surface area contributed by atoms with Gasteiger partial charge in [0.1, 0.15) is 6.04 Å². The number of carbonyl (C=O) groups is 2. The standard InChI is InChI=1S/C13H24N2O3.ClH/c1-9(2)7-11(13(17)18-3)15-12(16)8-10-5-4-6-14-10;/h9-11,14H,4-8H2,1-3H3,(H,15,16);1H. The highest BCUT2D eigenvalue weighted by atomic mass is 35.5. The van der Waals surface area contributed by atoms with Gasteiger partial charge in [-0.15, -0.1) is 12.4 Å². The SMILES string of the molecule is COC(=O)C(CC(C)C)NC(=O)CC1CCCN1.Cl. The quantitative estimate of drug-likeness (QED) is 0.723. The van der Waals surface area contributed by atoms with Gasteiger partial charge >= 0.3 is 5.97 Å². The number of nitrogens with one attached hydrogen (secondary N) is 2. The minimum absolute atomic E-state index is 0. The van der Waals surface area contributed by atoms with Crippen molar-refractivity contribution in [2.45, 2.75) is 51.6 Å². The second-order valence-corrected chi connectivity index (χ2v) is 5.27. The number of hydrogen-bond donors (Lipinski definition) is 2. The molecule has 1 fully saturated rings. The molecule has 0 bridgehead atoms. The molecule has 1 heterocycles. The Balaban J connectivity index is 0.00000324. The molecule has 1 aliphatic rings. The highest BCUT2D eigenvalue weighted by Gasteiger charge is 2.24. The first-order valence-electron chi connectivity index (χ1n) is 6.63. The molecule has 0 spiro atoms. The zero-order valence-corrected chi connectivity index (χ0v) is 12.7. The van der Waals surface area contributed by atoms with E-state index in [-0.39, 0.29) is 30.3 Å². The number of hydrogen-bond acceptors (Lipinski definition) is 4. The minimum atomic E-state index is -0.524. The van der Waals surface area contributed by atoms with Crippen LogP contribution in [0.3, 0.4) is 0 Å². The van der Waals surface area contributed by atoms with E-state index in [1.165, 1.54) is 7.11 Å². The van der Waals surface area contributed by atoms with Gasteiger partial charge in [0, 0.05) is 12.5 Å². The highest BCUT2D eigenvalue weighted by molar-refractivity contribution is 5.85. The lowest BCUT2D eigenvalue weighted by molar-refractivity contribution is -0.145. The van der Waals surface area contributed by atoms with Crippen molar-refractivity contribution in [1.82, 2.24) is 10.6 Å². The fraction of sp³-hybridized carbons (Fsp3) is 0.846. The van der Waals surface area contributed by atoms with Crippen molar-refractivity contribution in [3.8, 4) is 0 Å².